The molecule has 0 aromatic carbocycles. The molecule has 1 rings (SSSR count). The molecule has 0 fully saturated rings. The van der Waals surface area contributed by atoms with Crippen molar-refractivity contribution in [2.45, 2.75) is 46.2 Å². The highest BCUT2D eigenvalue weighted by atomic mass is 14.9. The second-order valence-electron chi connectivity index (χ2n) is 3.67. The first-order valence-electron chi connectivity index (χ1n) is 5.24. The molecule has 0 spiro atoms. The first-order valence-corrected chi connectivity index (χ1v) is 5.24. The second kappa shape index (κ2) is 5.70. The summed E-state index contributed by atoms with van der Waals surface area (Å²) in [6.45, 7) is 7.16. The van der Waals surface area contributed by atoms with Crippen LogP contribution in [0.1, 0.15) is 38.2 Å². The van der Waals surface area contributed by atoms with Gasteiger partial charge >= 0.3 is 0 Å². The molecule has 1 aromatic heterocycles. The molecule has 1 unspecified atom stereocenters. The van der Waals surface area contributed by atoms with Gasteiger partial charge in [0.15, 0.2) is 0 Å². The minimum Gasteiger partial charge on any atom is -0.309 e. The lowest BCUT2D eigenvalue weighted by Crippen LogP contribution is -2.25. The van der Waals surface area contributed by atoms with Crippen molar-refractivity contribution in [3.8, 4) is 0 Å². The van der Waals surface area contributed by atoms with Crippen molar-refractivity contribution in [3.05, 3.63) is 23.8 Å². The summed E-state index contributed by atoms with van der Waals surface area (Å²) in [4.78, 5) is 8.40. The van der Waals surface area contributed by atoms with Gasteiger partial charge in [-0.3, -0.25) is 0 Å². The monoisotopic (exact) mass is 193 g/mol. The van der Waals surface area contributed by atoms with Crippen LogP contribution >= 0.6 is 0 Å². The van der Waals surface area contributed by atoms with Crippen molar-refractivity contribution in [1.82, 2.24) is 15.3 Å². The van der Waals surface area contributed by atoms with E-state index in [4.69, 9.17) is 0 Å². The van der Waals surface area contributed by atoms with Crippen molar-refractivity contribution in [2.75, 3.05) is 0 Å². The highest BCUT2D eigenvalue weighted by Crippen LogP contribution is 1.98. The molecule has 1 N–H and O–H groups in total. The third-order valence-electron chi connectivity index (χ3n) is 2.19. The van der Waals surface area contributed by atoms with Crippen LogP contribution in [0.3, 0.4) is 0 Å². The number of aromatic nitrogens is 2. The van der Waals surface area contributed by atoms with Gasteiger partial charge in [-0.2, -0.15) is 0 Å². The molecule has 0 bridgehead atoms. The van der Waals surface area contributed by atoms with E-state index in [1.807, 2.05) is 19.2 Å². The summed E-state index contributed by atoms with van der Waals surface area (Å²) >= 11 is 0. The van der Waals surface area contributed by atoms with E-state index >= 15 is 0 Å². The highest BCUT2D eigenvalue weighted by Gasteiger charge is 2.00. The standard InChI is InChI=1S/C11H19N3/c1-4-5-9(2)13-8-11-6-7-12-10(3)14-11/h6-7,9,13H,4-5,8H2,1-3H3. The van der Waals surface area contributed by atoms with E-state index in [1.54, 1.807) is 0 Å². The number of hydrogen-bond donors (Lipinski definition) is 1. The predicted molar refractivity (Wildman–Crippen MR) is 58.0 cm³/mol. The minimum atomic E-state index is 0.565. The summed E-state index contributed by atoms with van der Waals surface area (Å²) < 4.78 is 0. The van der Waals surface area contributed by atoms with Crippen LogP contribution in [0, 0.1) is 6.92 Å². The topological polar surface area (TPSA) is 37.8 Å². The Labute approximate surface area is 86.0 Å². The lowest BCUT2D eigenvalue weighted by molar-refractivity contribution is 0.503. The number of hydrogen-bond acceptors (Lipinski definition) is 3. The Balaban J connectivity index is 2.37. The average Bonchev–Trinajstić information content (AvgIpc) is 2.15. The second-order valence-corrected chi connectivity index (χ2v) is 3.67. The van der Waals surface area contributed by atoms with Crippen molar-refractivity contribution < 1.29 is 0 Å². The fraction of sp³-hybridized carbons (Fsp3) is 0.636. The molecule has 1 atom stereocenters. The van der Waals surface area contributed by atoms with Crippen molar-refractivity contribution in [3.63, 3.8) is 0 Å². The normalized spacial score (nSPS) is 12.8. The van der Waals surface area contributed by atoms with Gasteiger partial charge in [-0.15, -0.1) is 0 Å². The minimum absolute atomic E-state index is 0.565. The molecule has 0 amide bonds. The average molecular weight is 193 g/mol. The Morgan fingerprint density at radius 1 is 1.50 bits per heavy atom. The lowest BCUT2D eigenvalue weighted by atomic mass is 10.2. The van der Waals surface area contributed by atoms with E-state index in [0.717, 1.165) is 18.1 Å². The summed E-state index contributed by atoms with van der Waals surface area (Å²) in [5, 5.41) is 3.44. The van der Waals surface area contributed by atoms with Crippen LogP contribution in [0.2, 0.25) is 0 Å². The number of nitrogens with one attached hydrogen (secondary N) is 1. The van der Waals surface area contributed by atoms with Crippen LogP contribution in [-0.2, 0) is 6.54 Å². The largest absolute Gasteiger partial charge is 0.309 e. The van der Waals surface area contributed by atoms with Crippen LogP contribution in [-0.4, -0.2) is 16.0 Å². The van der Waals surface area contributed by atoms with Gasteiger partial charge in [0.2, 0.25) is 0 Å². The molecule has 0 saturated carbocycles. The summed E-state index contributed by atoms with van der Waals surface area (Å²) in [5.41, 5.74) is 1.07. The van der Waals surface area contributed by atoms with E-state index in [9.17, 15) is 0 Å². The number of rotatable bonds is 5. The van der Waals surface area contributed by atoms with Crippen LogP contribution in [0.15, 0.2) is 12.3 Å². The Morgan fingerprint density at radius 3 is 2.93 bits per heavy atom. The Morgan fingerprint density at radius 2 is 2.29 bits per heavy atom. The van der Waals surface area contributed by atoms with Gasteiger partial charge in [0, 0.05) is 18.8 Å². The zero-order valence-corrected chi connectivity index (χ0v) is 9.25. The van der Waals surface area contributed by atoms with Crippen molar-refractivity contribution in [2.24, 2.45) is 0 Å². The summed E-state index contributed by atoms with van der Waals surface area (Å²) in [6, 6.07) is 2.52. The van der Waals surface area contributed by atoms with Crippen LogP contribution < -0.4 is 5.32 Å². The molecule has 0 aliphatic carbocycles. The molecular weight excluding hydrogens is 174 g/mol. The SMILES string of the molecule is CCCC(C)NCc1ccnc(C)n1. The van der Waals surface area contributed by atoms with Gasteiger partial charge in [0.1, 0.15) is 5.82 Å². The van der Waals surface area contributed by atoms with Gasteiger partial charge in [-0.25, -0.2) is 9.97 Å². The highest BCUT2D eigenvalue weighted by molar-refractivity contribution is 5.01. The van der Waals surface area contributed by atoms with E-state index < -0.39 is 0 Å². The maximum absolute atomic E-state index is 4.33. The molecule has 14 heavy (non-hydrogen) atoms. The molecule has 1 heterocycles. The molecule has 1 aromatic rings. The van der Waals surface area contributed by atoms with E-state index in [2.05, 4.69) is 29.1 Å². The molecule has 0 aliphatic heterocycles. The smallest absolute Gasteiger partial charge is 0.125 e. The lowest BCUT2D eigenvalue weighted by Gasteiger charge is -2.11. The summed E-state index contributed by atoms with van der Waals surface area (Å²) in [6.07, 6.45) is 4.24. The molecule has 0 radical (unpaired) electrons. The van der Waals surface area contributed by atoms with E-state index in [0.29, 0.717) is 6.04 Å². The van der Waals surface area contributed by atoms with Crippen LogP contribution in [0.5, 0.6) is 0 Å². The quantitative estimate of drug-likeness (QED) is 0.778. The van der Waals surface area contributed by atoms with Gasteiger partial charge < -0.3 is 5.32 Å². The summed E-state index contributed by atoms with van der Waals surface area (Å²) in [7, 11) is 0. The first-order chi connectivity index (χ1) is 6.72. The summed E-state index contributed by atoms with van der Waals surface area (Å²) in [5.74, 6) is 0.840. The molecule has 0 aliphatic rings. The fourth-order valence-electron chi connectivity index (χ4n) is 1.42. The van der Waals surface area contributed by atoms with Gasteiger partial charge in [0.25, 0.3) is 0 Å². The van der Waals surface area contributed by atoms with E-state index in [-0.39, 0.29) is 0 Å². The molecule has 0 saturated heterocycles. The third kappa shape index (κ3) is 3.83. The van der Waals surface area contributed by atoms with Gasteiger partial charge in [0.05, 0.1) is 5.69 Å². The van der Waals surface area contributed by atoms with Crippen LogP contribution in [0.4, 0.5) is 0 Å². The Hall–Kier alpha value is -0.960. The maximum atomic E-state index is 4.33. The van der Waals surface area contributed by atoms with Crippen molar-refractivity contribution >= 4 is 0 Å². The Bertz CT molecular complexity index is 273. The zero-order chi connectivity index (χ0) is 10.4. The van der Waals surface area contributed by atoms with Crippen LogP contribution in [0.25, 0.3) is 0 Å². The number of aryl methyl sites for hydroxylation is 1. The van der Waals surface area contributed by atoms with Gasteiger partial charge in [-0.05, 0) is 26.3 Å². The molecular formula is C11H19N3. The zero-order valence-electron chi connectivity index (χ0n) is 9.25. The molecule has 3 heteroatoms. The fourth-order valence-corrected chi connectivity index (χ4v) is 1.42. The first kappa shape index (κ1) is 11.1. The molecule has 3 nitrogen and oxygen atoms in total. The van der Waals surface area contributed by atoms with Crippen molar-refractivity contribution in [1.29, 1.82) is 0 Å². The maximum Gasteiger partial charge on any atom is 0.125 e. The number of nitrogens with zero attached hydrogens (tertiary/aromatic N) is 2. The molecule has 78 valence electrons. The Kier molecular flexibility index (Phi) is 4.53. The third-order valence-corrected chi connectivity index (χ3v) is 2.19. The predicted octanol–water partition coefficient (Wildman–Crippen LogP) is 2.06. The van der Waals surface area contributed by atoms with Gasteiger partial charge in [-0.1, -0.05) is 13.3 Å². The van der Waals surface area contributed by atoms with E-state index in [1.165, 1.54) is 12.8 Å².